The minimum Gasteiger partial charge on any atom is -0.464 e. The Kier molecular flexibility index (Phi) is 4.84. The Morgan fingerprint density at radius 3 is 2.40 bits per heavy atom. The number of aromatic nitrogens is 3. The predicted octanol–water partition coefficient (Wildman–Crippen LogP) is 1.16. The van der Waals surface area contributed by atoms with Gasteiger partial charge in [-0.2, -0.15) is 5.10 Å². The van der Waals surface area contributed by atoms with Gasteiger partial charge in [0, 0.05) is 0 Å². The molecule has 0 spiro atoms. The van der Waals surface area contributed by atoms with Crippen LogP contribution in [0.15, 0.2) is 18.4 Å². The maximum absolute atomic E-state index is 11.7. The molecule has 0 aliphatic heterocycles. The van der Waals surface area contributed by atoms with E-state index in [1.807, 2.05) is 0 Å². The zero-order chi connectivity index (χ0) is 15.3. The van der Waals surface area contributed by atoms with Crippen LogP contribution in [0.3, 0.4) is 0 Å². The van der Waals surface area contributed by atoms with Crippen LogP contribution < -0.4 is 5.32 Å². The quantitative estimate of drug-likeness (QED) is 0.660. The van der Waals surface area contributed by atoms with Crippen molar-refractivity contribution in [3.63, 3.8) is 0 Å². The Balaban J connectivity index is 3.00. The third-order valence-electron chi connectivity index (χ3n) is 2.14. The van der Waals surface area contributed by atoms with Gasteiger partial charge in [-0.3, -0.25) is 5.32 Å². The van der Waals surface area contributed by atoms with Crippen molar-refractivity contribution in [2.24, 2.45) is 0 Å². The first-order valence-corrected chi connectivity index (χ1v) is 5.89. The molecule has 0 saturated carbocycles. The highest BCUT2D eigenvalue weighted by Crippen LogP contribution is 2.11. The Morgan fingerprint density at radius 2 is 1.95 bits per heavy atom. The number of methoxy groups -OCH3 is 1. The van der Waals surface area contributed by atoms with E-state index in [1.165, 1.54) is 24.4 Å². The van der Waals surface area contributed by atoms with Crippen LogP contribution in [0.4, 0.5) is 4.79 Å². The maximum Gasteiger partial charge on any atom is 0.412 e. The summed E-state index contributed by atoms with van der Waals surface area (Å²) in [4.78, 5) is 27.3. The fraction of sp³-hybridized carbons (Fsp3) is 0.500. The van der Waals surface area contributed by atoms with Crippen LogP contribution in [-0.2, 0) is 14.3 Å². The standard InChI is InChI=1S/C12H18N4O4/c1-8(16-7-13-6-14-16)9(10(17)19-5)15-11(18)20-12(2,3)4/h6-7H,1-5H3,(H,15,18)/b9-8-. The number of allylic oxidation sites excluding steroid dienone is 1. The molecule has 1 aromatic heterocycles. The number of carbonyl (C=O) groups excluding carboxylic acids is 2. The van der Waals surface area contributed by atoms with Crippen LogP contribution in [0.5, 0.6) is 0 Å². The molecule has 0 aliphatic rings. The largest absolute Gasteiger partial charge is 0.464 e. The number of amides is 1. The summed E-state index contributed by atoms with van der Waals surface area (Å²) >= 11 is 0. The van der Waals surface area contributed by atoms with Gasteiger partial charge in [0.1, 0.15) is 18.3 Å². The molecule has 0 saturated heterocycles. The van der Waals surface area contributed by atoms with Gasteiger partial charge in [-0.05, 0) is 27.7 Å². The van der Waals surface area contributed by atoms with E-state index in [2.05, 4.69) is 20.1 Å². The van der Waals surface area contributed by atoms with Gasteiger partial charge in [-0.25, -0.2) is 19.3 Å². The second-order valence-electron chi connectivity index (χ2n) is 4.92. The lowest BCUT2D eigenvalue weighted by molar-refractivity contribution is -0.136. The van der Waals surface area contributed by atoms with Crippen molar-refractivity contribution < 1.29 is 19.1 Å². The van der Waals surface area contributed by atoms with Gasteiger partial charge in [0.05, 0.1) is 12.8 Å². The molecular weight excluding hydrogens is 264 g/mol. The van der Waals surface area contributed by atoms with E-state index < -0.39 is 17.7 Å². The van der Waals surface area contributed by atoms with Gasteiger partial charge in [0.15, 0.2) is 5.70 Å². The van der Waals surface area contributed by atoms with Crippen molar-refractivity contribution in [2.45, 2.75) is 33.3 Å². The summed E-state index contributed by atoms with van der Waals surface area (Å²) in [5.41, 5.74) is -0.376. The maximum atomic E-state index is 11.7. The third-order valence-corrected chi connectivity index (χ3v) is 2.14. The molecule has 0 aliphatic carbocycles. The molecule has 0 fully saturated rings. The number of rotatable bonds is 3. The molecule has 1 rings (SSSR count). The fourth-order valence-corrected chi connectivity index (χ4v) is 1.29. The van der Waals surface area contributed by atoms with Gasteiger partial charge in [0.25, 0.3) is 0 Å². The number of hydrogen-bond acceptors (Lipinski definition) is 6. The summed E-state index contributed by atoms with van der Waals surface area (Å²) in [6, 6.07) is 0. The van der Waals surface area contributed by atoms with Gasteiger partial charge in [-0.15, -0.1) is 0 Å². The number of hydrogen-bond donors (Lipinski definition) is 1. The Bertz CT molecular complexity index is 514. The van der Waals surface area contributed by atoms with Gasteiger partial charge < -0.3 is 9.47 Å². The molecule has 8 nitrogen and oxygen atoms in total. The molecule has 0 atom stereocenters. The highest BCUT2D eigenvalue weighted by atomic mass is 16.6. The van der Waals surface area contributed by atoms with Crippen molar-refractivity contribution in [2.75, 3.05) is 7.11 Å². The summed E-state index contributed by atoms with van der Waals surface area (Å²) < 4.78 is 11.1. The Morgan fingerprint density at radius 1 is 1.30 bits per heavy atom. The van der Waals surface area contributed by atoms with Crippen LogP contribution in [0.1, 0.15) is 27.7 Å². The average molecular weight is 282 g/mol. The molecule has 0 aromatic carbocycles. The van der Waals surface area contributed by atoms with Gasteiger partial charge in [0.2, 0.25) is 0 Å². The first-order chi connectivity index (χ1) is 9.24. The molecule has 8 heteroatoms. The Hall–Kier alpha value is -2.38. The minimum absolute atomic E-state index is 0.0627. The number of ether oxygens (including phenoxy) is 2. The lowest BCUT2D eigenvalue weighted by atomic mass is 10.2. The molecule has 1 amide bonds. The van der Waals surface area contributed by atoms with Crippen molar-refractivity contribution in [3.05, 3.63) is 18.4 Å². The van der Waals surface area contributed by atoms with Crippen LogP contribution >= 0.6 is 0 Å². The molecule has 0 bridgehead atoms. The molecule has 1 aromatic rings. The fourth-order valence-electron chi connectivity index (χ4n) is 1.29. The monoisotopic (exact) mass is 282 g/mol. The lowest BCUT2D eigenvalue weighted by Gasteiger charge is -2.20. The van der Waals surface area contributed by atoms with E-state index in [1.54, 1.807) is 27.7 Å². The van der Waals surface area contributed by atoms with E-state index in [-0.39, 0.29) is 5.70 Å². The van der Waals surface area contributed by atoms with Crippen LogP contribution in [0.2, 0.25) is 0 Å². The van der Waals surface area contributed by atoms with Crippen molar-refractivity contribution in [1.82, 2.24) is 20.1 Å². The number of esters is 1. The first kappa shape index (κ1) is 15.7. The Labute approximate surface area is 116 Å². The SMILES string of the molecule is COC(=O)/C(NC(=O)OC(C)(C)C)=C(\C)n1cncn1. The minimum atomic E-state index is -0.752. The highest BCUT2D eigenvalue weighted by molar-refractivity contribution is 5.97. The van der Waals surface area contributed by atoms with Gasteiger partial charge >= 0.3 is 12.1 Å². The molecule has 110 valence electrons. The molecule has 0 unspecified atom stereocenters. The number of nitrogens with one attached hydrogen (secondary N) is 1. The summed E-state index contributed by atoms with van der Waals surface area (Å²) in [5.74, 6) is -0.705. The number of nitrogens with zero attached hydrogens (tertiary/aromatic N) is 3. The van der Waals surface area contributed by atoms with Crippen LogP contribution in [-0.4, -0.2) is 39.5 Å². The van der Waals surface area contributed by atoms with E-state index in [4.69, 9.17) is 4.74 Å². The van der Waals surface area contributed by atoms with Crippen molar-refractivity contribution in [3.8, 4) is 0 Å². The smallest absolute Gasteiger partial charge is 0.412 e. The zero-order valence-corrected chi connectivity index (χ0v) is 12.1. The number of alkyl carbamates (subject to hydrolysis) is 1. The van der Waals surface area contributed by atoms with Crippen molar-refractivity contribution >= 4 is 17.8 Å². The first-order valence-electron chi connectivity index (χ1n) is 5.89. The molecular formula is C12H18N4O4. The summed E-state index contributed by atoms with van der Waals surface area (Å²) in [7, 11) is 1.22. The second-order valence-corrected chi connectivity index (χ2v) is 4.92. The van der Waals surface area contributed by atoms with Gasteiger partial charge in [-0.1, -0.05) is 0 Å². The van der Waals surface area contributed by atoms with Crippen LogP contribution in [0.25, 0.3) is 5.70 Å². The molecule has 1 heterocycles. The van der Waals surface area contributed by atoms with E-state index in [0.29, 0.717) is 5.70 Å². The van der Waals surface area contributed by atoms with E-state index in [9.17, 15) is 9.59 Å². The zero-order valence-electron chi connectivity index (χ0n) is 12.1. The topological polar surface area (TPSA) is 95.3 Å². The lowest BCUT2D eigenvalue weighted by Crippen LogP contribution is -2.35. The van der Waals surface area contributed by atoms with Crippen LogP contribution in [0, 0.1) is 0 Å². The molecule has 20 heavy (non-hydrogen) atoms. The highest BCUT2D eigenvalue weighted by Gasteiger charge is 2.22. The summed E-state index contributed by atoms with van der Waals surface area (Å²) in [6.07, 6.45) is 1.96. The number of carbonyl (C=O) groups is 2. The third kappa shape index (κ3) is 4.38. The normalized spacial score (nSPS) is 12.4. The summed E-state index contributed by atoms with van der Waals surface area (Å²) in [6.45, 7) is 6.76. The molecule has 1 N–H and O–H groups in total. The summed E-state index contributed by atoms with van der Waals surface area (Å²) in [5, 5.41) is 6.25. The van der Waals surface area contributed by atoms with E-state index >= 15 is 0 Å². The predicted molar refractivity (Wildman–Crippen MR) is 70.3 cm³/mol. The average Bonchev–Trinajstić information content (AvgIpc) is 2.85. The van der Waals surface area contributed by atoms with E-state index in [0.717, 1.165) is 0 Å². The van der Waals surface area contributed by atoms with Crippen molar-refractivity contribution in [1.29, 1.82) is 0 Å². The second kappa shape index (κ2) is 6.18. The molecule has 0 radical (unpaired) electrons.